The van der Waals surface area contributed by atoms with Gasteiger partial charge in [-0.2, -0.15) is 0 Å². The van der Waals surface area contributed by atoms with Crippen LogP contribution < -0.4 is 0 Å². The molecular weight excluding hydrogens is 248 g/mol. The first-order valence-electron chi connectivity index (χ1n) is 6.34. The SMILES string of the molecule is Cc1ccccc1C(=CCO[Si])c1ccccc1C. The largest absolute Gasteiger partial charge is 0.415 e. The summed E-state index contributed by atoms with van der Waals surface area (Å²) >= 11 is 0. The molecule has 95 valence electrons. The molecule has 0 aliphatic carbocycles. The Balaban J connectivity index is 2.55. The lowest BCUT2D eigenvalue weighted by atomic mass is 9.91. The molecule has 0 fully saturated rings. The van der Waals surface area contributed by atoms with E-state index in [1.807, 2.05) is 0 Å². The predicted molar refractivity (Wildman–Crippen MR) is 81.1 cm³/mol. The van der Waals surface area contributed by atoms with Crippen molar-refractivity contribution >= 4 is 16.1 Å². The van der Waals surface area contributed by atoms with Crippen LogP contribution in [-0.4, -0.2) is 17.1 Å². The van der Waals surface area contributed by atoms with E-state index in [1.54, 1.807) is 0 Å². The van der Waals surface area contributed by atoms with Crippen molar-refractivity contribution in [1.82, 2.24) is 0 Å². The molecule has 0 saturated heterocycles. The van der Waals surface area contributed by atoms with Gasteiger partial charge in [-0.05, 0) is 41.7 Å². The predicted octanol–water partition coefficient (Wildman–Crippen LogP) is 3.84. The van der Waals surface area contributed by atoms with Crippen molar-refractivity contribution in [3.63, 3.8) is 0 Å². The molecule has 2 heteroatoms. The van der Waals surface area contributed by atoms with Crippen LogP contribution in [0.4, 0.5) is 0 Å². The van der Waals surface area contributed by atoms with Crippen LogP contribution in [0.3, 0.4) is 0 Å². The lowest BCUT2D eigenvalue weighted by Crippen LogP contribution is -1.96. The molecular formula is C17H17OSi. The Kier molecular flexibility index (Phi) is 4.72. The highest BCUT2D eigenvalue weighted by atomic mass is 28.2. The standard InChI is InChI=1S/C17H17OSi/c1-13-7-3-5-9-15(13)17(11-12-18-19)16-10-6-4-8-14(16)2/h3-11H,12H2,1-2H3. The maximum absolute atomic E-state index is 5.02. The van der Waals surface area contributed by atoms with E-state index in [-0.39, 0.29) is 0 Å². The van der Waals surface area contributed by atoms with Gasteiger partial charge in [0.25, 0.3) is 0 Å². The van der Waals surface area contributed by atoms with Crippen LogP contribution in [-0.2, 0) is 4.43 Å². The lowest BCUT2D eigenvalue weighted by Gasteiger charge is -2.14. The summed E-state index contributed by atoms with van der Waals surface area (Å²) in [5, 5.41) is 0. The normalized spacial score (nSPS) is 10.3. The molecule has 0 bridgehead atoms. The lowest BCUT2D eigenvalue weighted by molar-refractivity contribution is 0.402. The number of hydrogen-bond acceptors (Lipinski definition) is 1. The topological polar surface area (TPSA) is 9.23 Å². The van der Waals surface area contributed by atoms with Crippen molar-refractivity contribution in [2.75, 3.05) is 6.61 Å². The molecule has 0 aromatic heterocycles. The highest BCUT2D eigenvalue weighted by Crippen LogP contribution is 2.28. The first-order valence-corrected chi connectivity index (χ1v) is 6.75. The van der Waals surface area contributed by atoms with Gasteiger partial charge in [-0.1, -0.05) is 54.6 Å². The molecule has 0 aliphatic rings. The van der Waals surface area contributed by atoms with Gasteiger partial charge in [-0.25, -0.2) is 0 Å². The van der Waals surface area contributed by atoms with E-state index in [4.69, 9.17) is 4.43 Å². The van der Waals surface area contributed by atoms with Crippen LogP contribution in [0.25, 0.3) is 5.57 Å². The molecule has 0 spiro atoms. The second kappa shape index (κ2) is 6.50. The van der Waals surface area contributed by atoms with Crippen LogP contribution >= 0.6 is 0 Å². The third-order valence-corrected chi connectivity index (χ3v) is 3.41. The Labute approximate surface area is 118 Å². The fourth-order valence-electron chi connectivity index (χ4n) is 2.24. The monoisotopic (exact) mass is 265 g/mol. The Bertz CT molecular complexity index is 540. The first kappa shape index (κ1) is 13.8. The molecule has 3 radical (unpaired) electrons. The molecule has 0 unspecified atom stereocenters. The van der Waals surface area contributed by atoms with Gasteiger partial charge in [0.15, 0.2) is 0 Å². The maximum Gasteiger partial charge on any atom is 0.246 e. The maximum atomic E-state index is 5.02. The third-order valence-electron chi connectivity index (χ3n) is 3.24. The molecule has 2 rings (SSSR count). The van der Waals surface area contributed by atoms with Gasteiger partial charge in [0.1, 0.15) is 0 Å². The number of hydrogen-bond donors (Lipinski definition) is 0. The van der Waals surface area contributed by atoms with Crippen LogP contribution in [0.5, 0.6) is 0 Å². The third kappa shape index (κ3) is 3.22. The summed E-state index contributed by atoms with van der Waals surface area (Å²) in [5.41, 5.74) is 6.26. The van der Waals surface area contributed by atoms with Gasteiger partial charge in [0.05, 0.1) is 6.61 Å². The average Bonchev–Trinajstić information content (AvgIpc) is 2.42. The fourth-order valence-corrected chi connectivity index (χ4v) is 2.32. The Morgan fingerprint density at radius 3 is 1.84 bits per heavy atom. The Morgan fingerprint density at radius 2 is 1.42 bits per heavy atom. The highest BCUT2D eigenvalue weighted by molar-refractivity contribution is 5.98. The Morgan fingerprint density at radius 1 is 0.947 bits per heavy atom. The van der Waals surface area contributed by atoms with Crippen molar-refractivity contribution in [3.8, 4) is 0 Å². The number of benzene rings is 2. The number of rotatable bonds is 4. The molecule has 0 saturated carbocycles. The minimum Gasteiger partial charge on any atom is -0.415 e. The van der Waals surface area contributed by atoms with Crippen molar-refractivity contribution in [3.05, 3.63) is 76.9 Å². The van der Waals surface area contributed by atoms with Gasteiger partial charge in [-0.15, -0.1) is 0 Å². The van der Waals surface area contributed by atoms with Gasteiger partial charge < -0.3 is 4.43 Å². The van der Waals surface area contributed by atoms with Crippen LogP contribution in [0.15, 0.2) is 54.6 Å². The van der Waals surface area contributed by atoms with Crippen molar-refractivity contribution < 1.29 is 4.43 Å². The van der Waals surface area contributed by atoms with Crippen LogP contribution in [0.2, 0.25) is 0 Å². The van der Waals surface area contributed by atoms with Gasteiger partial charge >= 0.3 is 0 Å². The minimum atomic E-state index is 0.537. The molecule has 2 aromatic carbocycles. The summed E-state index contributed by atoms with van der Waals surface area (Å²) in [5.74, 6) is 0. The second-order valence-corrected chi connectivity index (χ2v) is 4.85. The van der Waals surface area contributed by atoms with E-state index in [1.165, 1.54) is 27.8 Å². The molecule has 0 atom stereocenters. The van der Waals surface area contributed by atoms with E-state index in [0.717, 1.165) is 0 Å². The summed E-state index contributed by atoms with van der Waals surface area (Å²) < 4.78 is 5.02. The fraction of sp³-hybridized carbons (Fsp3) is 0.176. The zero-order valence-electron chi connectivity index (χ0n) is 11.3. The Hall–Kier alpha value is -1.64. The highest BCUT2D eigenvalue weighted by Gasteiger charge is 2.09. The zero-order chi connectivity index (χ0) is 13.7. The molecule has 0 amide bonds. The summed E-state index contributed by atoms with van der Waals surface area (Å²) in [7, 11) is 3.06. The van der Waals surface area contributed by atoms with Crippen LogP contribution in [0, 0.1) is 13.8 Å². The molecule has 19 heavy (non-hydrogen) atoms. The summed E-state index contributed by atoms with van der Waals surface area (Å²) in [6, 6.07) is 16.9. The molecule has 0 N–H and O–H groups in total. The molecule has 1 nitrogen and oxygen atoms in total. The first-order chi connectivity index (χ1) is 9.24. The van der Waals surface area contributed by atoms with Gasteiger partial charge in [0, 0.05) is 0 Å². The van der Waals surface area contributed by atoms with Crippen molar-refractivity contribution in [1.29, 1.82) is 0 Å². The van der Waals surface area contributed by atoms with Gasteiger partial charge in [-0.3, -0.25) is 0 Å². The summed E-state index contributed by atoms with van der Waals surface area (Å²) in [6.45, 7) is 4.81. The quantitative estimate of drug-likeness (QED) is 0.763. The minimum absolute atomic E-state index is 0.537. The van der Waals surface area contributed by atoms with E-state index in [0.29, 0.717) is 6.61 Å². The molecule has 2 aromatic rings. The zero-order valence-corrected chi connectivity index (χ0v) is 12.3. The van der Waals surface area contributed by atoms with Gasteiger partial charge in [0.2, 0.25) is 10.5 Å². The smallest absolute Gasteiger partial charge is 0.246 e. The van der Waals surface area contributed by atoms with E-state index >= 15 is 0 Å². The second-order valence-electron chi connectivity index (χ2n) is 4.56. The van der Waals surface area contributed by atoms with E-state index in [9.17, 15) is 0 Å². The summed E-state index contributed by atoms with van der Waals surface area (Å²) in [6.07, 6.45) is 2.11. The molecule has 0 heterocycles. The molecule has 0 aliphatic heterocycles. The van der Waals surface area contributed by atoms with Crippen LogP contribution in [0.1, 0.15) is 22.3 Å². The van der Waals surface area contributed by atoms with E-state index < -0.39 is 0 Å². The van der Waals surface area contributed by atoms with Crippen molar-refractivity contribution in [2.24, 2.45) is 0 Å². The van der Waals surface area contributed by atoms with Crippen molar-refractivity contribution in [2.45, 2.75) is 13.8 Å². The average molecular weight is 265 g/mol. The number of aryl methyl sites for hydroxylation is 2. The summed E-state index contributed by atoms with van der Waals surface area (Å²) in [4.78, 5) is 0. The van der Waals surface area contributed by atoms with E-state index in [2.05, 4.69) is 78.9 Å².